The SMILES string of the molecule is O=C1[C@H]2[C@@H](c3ccccc3)OC3(C(=O)c4ccccc4C3=O)[C@@H]2C(=O)N1c1ccc(Cl)cc1Cl. The summed E-state index contributed by atoms with van der Waals surface area (Å²) in [5, 5.41) is 0.444. The molecule has 0 unspecified atom stereocenters. The highest BCUT2D eigenvalue weighted by atomic mass is 35.5. The van der Waals surface area contributed by atoms with Crippen molar-refractivity contribution < 1.29 is 23.9 Å². The highest BCUT2D eigenvalue weighted by molar-refractivity contribution is 6.40. The van der Waals surface area contributed by atoms with Gasteiger partial charge in [0, 0.05) is 16.1 Å². The molecule has 3 aliphatic rings. The molecule has 34 heavy (non-hydrogen) atoms. The first-order valence-electron chi connectivity index (χ1n) is 10.6. The van der Waals surface area contributed by atoms with Crippen molar-refractivity contribution in [2.45, 2.75) is 11.7 Å². The largest absolute Gasteiger partial charge is 0.349 e. The Morgan fingerprint density at radius 2 is 1.38 bits per heavy atom. The molecular formula is C26H15Cl2NO5. The third kappa shape index (κ3) is 2.61. The quantitative estimate of drug-likeness (QED) is 0.383. The Morgan fingerprint density at radius 1 is 0.765 bits per heavy atom. The number of fused-ring (bicyclic) bond motifs is 3. The summed E-state index contributed by atoms with van der Waals surface area (Å²) in [5.74, 6) is -4.90. The number of hydrogen-bond donors (Lipinski definition) is 0. The van der Waals surface area contributed by atoms with Gasteiger partial charge in [0.1, 0.15) is 0 Å². The van der Waals surface area contributed by atoms with Crippen molar-refractivity contribution in [3.63, 3.8) is 0 Å². The smallest absolute Gasteiger partial charge is 0.241 e. The molecule has 8 heteroatoms. The van der Waals surface area contributed by atoms with E-state index in [-0.39, 0.29) is 21.8 Å². The average molecular weight is 492 g/mol. The zero-order chi connectivity index (χ0) is 23.8. The minimum absolute atomic E-state index is 0.104. The minimum Gasteiger partial charge on any atom is -0.349 e. The second-order valence-corrected chi connectivity index (χ2v) is 9.34. The first-order chi connectivity index (χ1) is 16.4. The van der Waals surface area contributed by atoms with Gasteiger partial charge in [0.05, 0.1) is 28.6 Å². The number of hydrogen-bond acceptors (Lipinski definition) is 5. The van der Waals surface area contributed by atoms with Crippen LogP contribution in [0.2, 0.25) is 10.0 Å². The summed E-state index contributed by atoms with van der Waals surface area (Å²) < 4.78 is 6.22. The standard InChI is InChI=1S/C26H15Cl2NO5/c27-14-10-11-18(17(28)12-14)29-24(32)19-20(25(29)33)26(34-21(19)13-6-2-1-3-7-13)22(30)15-8-4-5-9-16(15)23(26)31/h1-12,19-21H/t19-,20+,21-/m1/s1. The van der Waals surface area contributed by atoms with Crippen molar-refractivity contribution in [1.82, 2.24) is 0 Å². The van der Waals surface area contributed by atoms with Crippen molar-refractivity contribution in [3.8, 4) is 0 Å². The lowest BCUT2D eigenvalue weighted by Crippen LogP contribution is -2.51. The van der Waals surface area contributed by atoms with Crippen LogP contribution in [0.1, 0.15) is 32.4 Å². The second kappa shape index (κ2) is 7.34. The number of benzene rings is 3. The molecule has 0 N–H and O–H groups in total. The van der Waals surface area contributed by atoms with E-state index in [9.17, 15) is 19.2 Å². The van der Waals surface area contributed by atoms with Gasteiger partial charge in [-0.2, -0.15) is 0 Å². The molecule has 2 fully saturated rings. The minimum atomic E-state index is -2.12. The second-order valence-electron chi connectivity index (χ2n) is 8.50. The number of carbonyl (C=O) groups excluding carboxylic acids is 4. The predicted molar refractivity (Wildman–Crippen MR) is 124 cm³/mol. The van der Waals surface area contributed by atoms with Gasteiger partial charge in [-0.25, -0.2) is 4.90 Å². The van der Waals surface area contributed by atoms with Gasteiger partial charge in [-0.3, -0.25) is 19.2 Å². The summed E-state index contributed by atoms with van der Waals surface area (Å²) in [4.78, 5) is 55.9. The molecule has 0 saturated carbocycles. The summed E-state index contributed by atoms with van der Waals surface area (Å²) in [6.07, 6.45) is -0.971. The number of Topliss-reactive ketones (excluding diaryl/α,β-unsaturated/α-hetero) is 2. The number of ether oxygens (including phenoxy) is 1. The van der Waals surface area contributed by atoms with Gasteiger partial charge >= 0.3 is 0 Å². The van der Waals surface area contributed by atoms with Gasteiger partial charge in [-0.15, -0.1) is 0 Å². The van der Waals surface area contributed by atoms with Crippen LogP contribution in [0.25, 0.3) is 0 Å². The maximum atomic E-state index is 13.8. The van der Waals surface area contributed by atoms with Crippen LogP contribution in [-0.4, -0.2) is 29.0 Å². The Balaban J connectivity index is 1.56. The van der Waals surface area contributed by atoms with E-state index in [1.165, 1.54) is 30.3 Å². The molecule has 3 aromatic carbocycles. The van der Waals surface area contributed by atoms with Crippen molar-refractivity contribution in [2.24, 2.45) is 11.8 Å². The summed E-state index contributed by atoms with van der Waals surface area (Å²) in [5.41, 5.74) is -1.01. The molecule has 168 valence electrons. The highest BCUT2D eigenvalue weighted by Gasteiger charge is 2.74. The fourth-order valence-corrected chi connectivity index (χ4v) is 5.85. The lowest BCUT2D eigenvalue weighted by atomic mass is 9.77. The van der Waals surface area contributed by atoms with Crippen molar-refractivity contribution >= 4 is 52.3 Å². The normalized spacial score (nSPS) is 24.8. The number of anilines is 1. The monoisotopic (exact) mass is 491 g/mol. The maximum Gasteiger partial charge on any atom is 0.241 e. The van der Waals surface area contributed by atoms with Crippen LogP contribution < -0.4 is 4.90 Å². The zero-order valence-corrected chi connectivity index (χ0v) is 18.9. The number of carbonyl (C=O) groups is 4. The van der Waals surface area contributed by atoms with E-state index in [2.05, 4.69) is 0 Å². The molecule has 2 aliphatic heterocycles. The molecule has 0 bridgehead atoms. The third-order valence-corrected chi connectivity index (χ3v) is 7.34. The average Bonchev–Trinajstić information content (AvgIpc) is 3.40. The van der Waals surface area contributed by atoms with E-state index in [1.54, 1.807) is 42.5 Å². The van der Waals surface area contributed by atoms with Crippen molar-refractivity contribution in [3.05, 3.63) is 99.5 Å². The van der Waals surface area contributed by atoms with Crippen molar-refractivity contribution in [2.75, 3.05) is 4.90 Å². The van der Waals surface area contributed by atoms with Gasteiger partial charge < -0.3 is 4.74 Å². The molecule has 6 nitrogen and oxygen atoms in total. The van der Waals surface area contributed by atoms with Crippen LogP contribution in [0, 0.1) is 11.8 Å². The zero-order valence-electron chi connectivity index (χ0n) is 17.4. The van der Waals surface area contributed by atoms with Gasteiger partial charge in [-0.05, 0) is 23.8 Å². The lowest BCUT2D eigenvalue weighted by Gasteiger charge is -2.27. The van der Waals surface area contributed by atoms with Crippen LogP contribution in [-0.2, 0) is 14.3 Å². The third-order valence-electron chi connectivity index (χ3n) is 6.80. The van der Waals surface area contributed by atoms with Gasteiger partial charge in [-0.1, -0.05) is 77.8 Å². The van der Waals surface area contributed by atoms with E-state index < -0.39 is 46.9 Å². The molecule has 0 aromatic heterocycles. The number of imide groups is 1. The number of halogens is 2. The molecule has 2 saturated heterocycles. The summed E-state index contributed by atoms with van der Waals surface area (Å²) in [6, 6.07) is 19.6. The van der Waals surface area contributed by atoms with Crippen molar-refractivity contribution in [1.29, 1.82) is 0 Å². The van der Waals surface area contributed by atoms with Crippen LogP contribution in [0.5, 0.6) is 0 Å². The first kappa shape index (κ1) is 21.2. The Morgan fingerprint density at radius 3 is 2.00 bits per heavy atom. The van der Waals surface area contributed by atoms with E-state index >= 15 is 0 Å². The fourth-order valence-electron chi connectivity index (χ4n) is 5.36. The summed E-state index contributed by atoms with van der Waals surface area (Å²) >= 11 is 12.3. The molecule has 0 radical (unpaired) electrons. The van der Waals surface area contributed by atoms with Gasteiger partial charge in [0.2, 0.25) is 29.0 Å². The molecule has 6 rings (SSSR count). The number of amides is 2. The molecule has 2 amide bonds. The predicted octanol–water partition coefficient (Wildman–Crippen LogP) is 4.69. The lowest BCUT2D eigenvalue weighted by molar-refractivity contribution is -0.127. The maximum absolute atomic E-state index is 13.8. The van der Waals surface area contributed by atoms with Crippen LogP contribution in [0.3, 0.4) is 0 Å². The Hall–Kier alpha value is -3.32. The molecule has 1 aliphatic carbocycles. The van der Waals surface area contributed by atoms with E-state index in [0.717, 1.165) is 4.90 Å². The fraction of sp³-hybridized carbons (Fsp3) is 0.154. The van der Waals surface area contributed by atoms with E-state index in [0.29, 0.717) is 10.6 Å². The van der Waals surface area contributed by atoms with Crippen LogP contribution in [0.15, 0.2) is 72.8 Å². The van der Waals surface area contributed by atoms with Gasteiger partial charge in [0.25, 0.3) is 0 Å². The molecule has 3 atom stereocenters. The van der Waals surface area contributed by atoms with Crippen LogP contribution in [0.4, 0.5) is 5.69 Å². The van der Waals surface area contributed by atoms with E-state index in [4.69, 9.17) is 27.9 Å². The van der Waals surface area contributed by atoms with E-state index in [1.807, 2.05) is 0 Å². The Labute approximate surface area is 204 Å². The number of nitrogens with zero attached hydrogens (tertiary/aromatic N) is 1. The number of ketones is 2. The number of rotatable bonds is 2. The topological polar surface area (TPSA) is 80.8 Å². The summed E-state index contributed by atoms with van der Waals surface area (Å²) in [7, 11) is 0. The summed E-state index contributed by atoms with van der Waals surface area (Å²) in [6.45, 7) is 0. The molecule has 1 spiro atoms. The first-order valence-corrected chi connectivity index (χ1v) is 11.4. The molecule has 2 heterocycles. The van der Waals surface area contributed by atoms with Crippen LogP contribution >= 0.6 is 23.2 Å². The molecular weight excluding hydrogens is 477 g/mol. The Kier molecular flexibility index (Phi) is 4.58. The highest BCUT2D eigenvalue weighted by Crippen LogP contribution is 2.58. The molecule has 3 aromatic rings. The van der Waals surface area contributed by atoms with Gasteiger partial charge in [0.15, 0.2) is 0 Å². The Bertz CT molecular complexity index is 1380.